The number of halogens is 5. The number of nitrogens with zero attached hydrogens (tertiary/aromatic N) is 1. The lowest BCUT2D eigenvalue weighted by Crippen LogP contribution is -2.41. The topological polar surface area (TPSA) is 46.3 Å². The number of benzene rings is 1. The Labute approximate surface area is 118 Å². The van der Waals surface area contributed by atoms with E-state index in [1.165, 1.54) is 0 Å². The first-order chi connectivity index (χ1) is 9.51. The molecule has 1 amide bonds. The van der Waals surface area contributed by atoms with E-state index >= 15 is 0 Å². The van der Waals surface area contributed by atoms with Crippen LogP contribution in [-0.4, -0.2) is 30.1 Å². The minimum absolute atomic E-state index is 0.184. The molecule has 1 rings (SSSR count). The normalized spacial score (nSPS) is 11.8. The van der Waals surface area contributed by atoms with E-state index < -0.39 is 41.5 Å². The van der Waals surface area contributed by atoms with Crippen LogP contribution in [0.3, 0.4) is 0 Å². The van der Waals surface area contributed by atoms with Gasteiger partial charge in [0.25, 0.3) is 5.91 Å². The number of alkyl halides is 3. The number of amides is 1. The number of rotatable bonds is 4. The zero-order valence-electron chi connectivity index (χ0n) is 11.5. The van der Waals surface area contributed by atoms with Crippen molar-refractivity contribution in [1.82, 2.24) is 4.90 Å². The van der Waals surface area contributed by atoms with E-state index in [4.69, 9.17) is 5.73 Å². The van der Waals surface area contributed by atoms with Crippen molar-refractivity contribution in [3.63, 3.8) is 0 Å². The van der Waals surface area contributed by atoms with Gasteiger partial charge in [-0.1, -0.05) is 13.8 Å². The van der Waals surface area contributed by atoms with Gasteiger partial charge in [-0.15, -0.1) is 0 Å². The summed E-state index contributed by atoms with van der Waals surface area (Å²) in [5, 5.41) is 0. The van der Waals surface area contributed by atoms with Crippen LogP contribution in [0.25, 0.3) is 0 Å². The van der Waals surface area contributed by atoms with Crippen LogP contribution in [0.4, 0.5) is 27.6 Å². The molecule has 0 radical (unpaired) electrons. The van der Waals surface area contributed by atoms with Gasteiger partial charge in [0, 0.05) is 18.3 Å². The number of hydrogen-bond acceptors (Lipinski definition) is 2. The van der Waals surface area contributed by atoms with Gasteiger partial charge in [-0.25, -0.2) is 8.78 Å². The van der Waals surface area contributed by atoms with Gasteiger partial charge in [-0.2, -0.15) is 13.2 Å². The Morgan fingerprint density at radius 2 is 1.76 bits per heavy atom. The van der Waals surface area contributed by atoms with Crippen molar-refractivity contribution in [3.8, 4) is 0 Å². The molecule has 0 aromatic heterocycles. The maximum Gasteiger partial charge on any atom is 0.406 e. The fourth-order valence-corrected chi connectivity index (χ4v) is 1.79. The predicted octanol–water partition coefficient (Wildman–Crippen LogP) is 3.21. The second kappa shape index (κ2) is 6.28. The Hall–Kier alpha value is -1.86. The first kappa shape index (κ1) is 17.2. The zero-order chi connectivity index (χ0) is 16.4. The first-order valence-electron chi connectivity index (χ1n) is 6.11. The van der Waals surface area contributed by atoms with Crippen LogP contribution in [0.1, 0.15) is 24.2 Å². The molecule has 0 unspecified atom stereocenters. The summed E-state index contributed by atoms with van der Waals surface area (Å²) in [6.45, 7) is 1.59. The van der Waals surface area contributed by atoms with Gasteiger partial charge in [0.15, 0.2) is 11.6 Å². The molecule has 0 bridgehead atoms. The van der Waals surface area contributed by atoms with Crippen molar-refractivity contribution in [2.24, 2.45) is 5.92 Å². The summed E-state index contributed by atoms with van der Waals surface area (Å²) in [4.78, 5) is 12.6. The highest BCUT2D eigenvalue weighted by Crippen LogP contribution is 2.23. The molecule has 0 aliphatic carbocycles. The molecule has 1 aromatic rings. The molecule has 0 atom stereocenters. The van der Waals surface area contributed by atoms with Gasteiger partial charge in [-0.3, -0.25) is 4.79 Å². The monoisotopic (exact) mass is 310 g/mol. The van der Waals surface area contributed by atoms with Crippen LogP contribution >= 0.6 is 0 Å². The molecule has 2 N–H and O–H groups in total. The number of carbonyl (C=O) groups is 1. The molecule has 118 valence electrons. The molecule has 0 saturated heterocycles. The van der Waals surface area contributed by atoms with Crippen LogP contribution in [0.5, 0.6) is 0 Å². The molecule has 21 heavy (non-hydrogen) atoms. The van der Waals surface area contributed by atoms with Crippen molar-refractivity contribution in [2.75, 3.05) is 18.8 Å². The molecule has 1 aromatic carbocycles. The second-order valence-corrected chi connectivity index (χ2v) is 5.05. The Bertz CT molecular complexity index is 528. The minimum atomic E-state index is -4.60. The van der Waals surface area contributed by atoms with Gasteiger partial charge >= 0.3 is 6.18 Å². The summed E-state index contributed by atoms with van der Waals surface area (Å²) in [5.74, 6) is -3.93. The third-order valence-corrected chi connectivity index (χ3v) is 2.57. The molecular formula is C13H15F5N2O. The summed E-state index contributed by atoms with van der Waals surface area (Å²) >= 11 is 0. The van der Waals surface area contributed by atoms with Crippen LogP contribution in [0, 0.1) is 17.6 Å². The third kappa shape index (κ3) is 4.87. The maximum absolute atomic E-state index is 13.2. The Kier molecular flexibility index (Phi) is 5.14. The Balaban J connectivity index is 3.13. The molecule has 0 heterocycles. The van der Waals surface area contributed by atoms with E-state index in [1.807, 2.05) is 0 Å². The number of hydrogen-bond donors (Lipinski definition) is 1. The molecule has 0 aliphatic rings. The van der Waals surface area contributed by atoms with E-state index in [9.17, 15) is 26.7 Å². The van der Waals surface area contributed by atoms with Crippen molar-refractivity contribution < 1.29 is 26.7 Å². The minimum Gasteiger partial charge on any atom is -0.398 e. The lowest BCUT2D eigenvalue weighted by atomic mass is 10.1. The highest BCUT2D eigenvalue weighted by Gasteiger charge is 2.34. The SMILES string of the molecule is CC(C)CN(CC(F)(F)F)C(=O)c1cc(F)c(F)cc1N. The van der Waals surface area contributed by atoms with Gasteiger partial charge in [-0.05, 0) is 12.0 Å². The summed E-state index contributed by atoms with van der Waals surface area (Å²) < 4.78 is 63.7. The average Bonchev–Trinajstić information content (AvgIpc) is 2.29. The quantitative estimate of drug-likeness (QED) is 0.685. The first-order valence-corrected chi connectivity index (χ1v) is 6.11. The largest absolute Gasteiger partial charge is 0.406 e. The number of nitrogen functional groups attached to an aromatic ring is 1. The fourth-order valence-electron chi connectivity index (χ4n) is 1.79. The zero-order valence-corrected chi connectivity index (χ0v) is 11.5. The van der Waals surface area contributed by atoms with E-state index in [1.54, 1.807) is 13.8 Å². The van der Waals surface area contributed by atoms with E-state index in [0.29, 0.717) is 17.0 Å². The maximum atomic E-state index is 13.2. The van der Waals surface area contributed by atoms with Crippen molar-refractivity contribution in [3.05, 3.63) is 29.3 Å². The van der Waals surface area contributed by atoms with Crippen molar-refractivity contribution >= 4 is 11.6 Å². The van der Waals surface area contributed by atoms with Gasteiger partial charge in [0.1, 0.15) is 6.54 Å². The lowest BCUT2D eigenvalue weighted by molar-refractivity contribution is -0.141. The average molecular weight is 310 g/mol. The Morgan fingerprint density at radius 3 is 2.24 bits per heavy atom. The standard InChI is InChI=1S/C13H15F5N2O/c1-7(2)5-20(6-13(16,17)18)12(21)8-3-9(14)10(15)4-11(8)19/h3-4,7H,5-6,19H2,1-2H3. The van der Waals surface area contributed by atoms with E-state index in [0.717, 1.165) is 0 Å². The molecule has 0 fully saturated rings. The van der Waals surface area contributed by atoms with Crippen LogP contribution < -0.4 is 5.73 Å². The molecule has 8 heteroatoms. The van der Waals surface area contributed by atoms with Crippen LogP contribution in [0.15, 0.2) is 12.1 Å². The van der Waals surface area contributed by atoms with Gasteiger partial charge in [0.05, 0.1) is 5.56 Å². The van der Waals surface area contributed by atoms with E-state index in [2.05, 4.69) is 0 Å². The summed E-state index contributed by atoms with van der Waals surface area (Å²) in [6.07, 6.45) is -4.60. The number of nitrogens with two attached hydrogens (primary N) is 1. The molecule has 0 spiro atoms. The van der Waals surface area contributed by atoms with Crippen LogP contribution in [-0.2, 0) is 0 Å². The summed E-state index contributed by atoms with van der Waals surface area (Å²) in [6, 6.07) is 1.08. The molecule has 3 nitrogen and oxygen atoms in total. The number of carbonyl (C=O) groups excluding carboxylic acids is 1. The summed E-state index contributed by atoms with van der Waals surface area (Å²) in [7, 11) is 0. The highest BCUT2D eigenvalue weighted by molar-refractivity contribution is 5.99. The molecular weight excluding hydrogens is 295 g/mol. The number of anilines is 1. The smallest absolute Gasteiger partial charge is 0.398 e. The van der Waals surface area contributed by atoms with Gasteiger partial charge < -0.3 is 10.6 Å². The van der Waals surface area contributed by atoms with E-state index in [-0.39, 0.29) is 12.5 Å². The van der Waals surface area contributed by atoms with Gasteiger partial charge in [0.2, 0.25) is 0 Å². The van der Waals surface area contributed by atoms with Crippen molar-refractivity contribution in [1.29, 1.82) is 0 Å². The van der Waals surface area contributed by atoms with Crippen LogP contribution in [0.2, 0.25) is 0 Å². The second-order valence-electron chi connectivity index (χ2n) is 5.05. The third-order valence-electron chi connectivity index (χ3n) is 2.57. The molecule has 0 saturated carbocycles. The molecule has 0 aliphatic heterocycles. The fraction of sp³-hybridized carbons (Fsp3) is 0.462. The lowest BCUT2D eigenvalue weighted by Gasteiger charge is -2.26. The Morgan fingerprint density at radius 1 is 1.24 bits per heavy atom. The van der Waals surface area contributed by atoms with Crippen molar-refractivity contribution in [2.45, 2.75) is 20.0 Å². The summed E-state index contributed by atoms with van der Waals surface area (Å²) in [5.41, 5.74) is 4.49. The highest BCUT2D eigenvalue weighted by atomic mass is 19.4. The predicted molar refractivity (Wildman–Crippen MR) is 67.6 cm³/mol.